The van der Waals surface area contributed by atoms with Gasteiger partial charge in [0.1, 0.15) is 0 Å². The van der Waals surface area contributed by atoms with Gasteiger partial charge in [0.15, 0.2) is 0 Å². The molecule has 0 aliphatic carbocycles. The minimum atomic E-state index is -4.22. The van der Waals surface area contributed by atoms with Gasteiger partial charge in [-0.2, -0.15) is 0 Å². The van der Waals surface area contributed by atoms with Crippen LogP contribution in [0.3, 0.4) is 0 Å². The van der Waals surface area contributed by atoms with Gasteiger partial charge in [-0.1, -0.05) is 0 Å². The zero-order chi connectivity index (χ0) is 9.69. The van der Waals surface area contributed by atoms with E-state index in [0.717, 1.165) is 19.3 Å². The van der Waals surface area contributed by atoms with Gasteiger partial charge in [0, 0.05) is 0 Å². The van der Waals surface area contributed by atoms with Crippen LogP contribution in [-0.2, 0) is 10.2 Å². The Morgan fingerprint density at radius 3 is 2.08 bits per heavy atom. The number of unbranched alkanes of at least 4 members (excludes halogenated alkanes) is 2. The van der Waals surface area contributed by atoms with Crippen LogP contribution < -0.4 is 0 Å². The number of rotatable bonds is 4. The summed E-state index contributed by atoms with van der Waals surface area (Å²) in [5.74, 6) is 0. The Morgan fingerprint density at radius 2 is 1.67 bits per heavy atom. The molecule has 74 valence electrons. The van der Waals surface area contributed by atoms with Gasteiger partial charge < -0.3 is 0 Å². The molecule has 0 heterocycles. The molecular weight excluding hydrogens is 410 g/mol. The zero-order valence-corrected chi connectivity index (χ0v) is 12.7. The van der Waals surface area contributed by atoms with Crippen molar-refractivity contribution in [1.29, 1.82) is 0 Å². The van der Waals surface area contributed by atoms with Gasteiger partial charge in [-0.05, 0) is 0 Å². The molecule has 0 radical (unpaired) electrons. The molecule has 0 atom stereocenters. The average molecular weight is 422 g/mol. The zero-order valence-electron chi connectivity index (χ0n) is 6.77. The second-order valence-electron chi connectivity index (χ2n) is 2.37. The van der Waals surface area contributed by atoms with Crippen molar-refractivity contribution in [3.8, 4) is 0 Å². The Labute approximate surface area is 89.9 Å². The van der Waals surface area contributed by atoms with Gasteiger partial charge >= 0.3 is 90.6 Å². The van der Waals surface area contributed by atoms with Crippen molar-refractivity contribution in [2.75, 3.05) is 0 Å². The summed E-state index contributed by atoms with van der Waals surface area (Å²) in [5, 5.41) is 0. The van der Waals surface area contributed by atoms with Crippen molar-refractivity contribution >= 4 is 42.1 Å². The number of hydrogen-bond acceptors (Lipinski definition) is 0. The number of allylic oxidation sites excluding steroid dienone is 2. The van der Waals surface area contributed by atoms with Crippen LogP contribution in [0.5, 0.6) is 0 Å². The first-order chi connectivity index (χ1) is 5.31. The van der Waals surface area contributed by atoms with E-state index in [1.807, 2.05) is 13.0 Å². The predicted octanol–water partition coefficient (Wildman–Crippen LogP) is 4.84. The molecule has 0 aliphatic rings. The van der Waals surface area contributed by atoms with E-state index in [9.17, 15) is 0 Å². The van der Waals surface area contributed by atoms with E-state index in [-0.39, 0.29) is 0 Å². The summed E-state index contributed by atoms with van der Waals surface area (Å²) < 4.78 is 1.69. The maximum atomic E-state index is 5.73. The fraction of sp³-hybridized carbons (Fsp3) is 0.571. The summed E-state index contributed by atoms with van der Waals surface area (Å²) in [4.78, 5) is 0. The molecule has 0 spiro atoms. The SMILES string of the molecule is C/C=C\CCC[CH]=[W]([Cl])([Cl])([Cl])[Cl]. The normalized spacial score (nSPS) is 15.9. The van der Waals surface area contributed by atoms with Gasteiger partial charge in [0.2, 0.25) is 0 Å². The third-order valence-electron chi connectivity index (χ3n) is 1.18. The fourth-order valence-corrected chi connectivity index (χ4v) is 5.46. The summed E-state index contributed by atoms with van der Waals surface area (Å²) in [5.41, 5.74) is 0. The van der Waals surface area contributed by atoms with Crippen molar-refractivity contribution in [1.82, 2.24) is 0 Å². The Balaban J connectivity index is 3.77. The summed E-state index contributed by atoms with van der Waals surface area (Å²) >= 11 is 0. The third-order valence-corrected chi connectivity index (χ3v) is 7.96. The van der Waals surface area contributed by atoms with Crippen molar-refractivity contribution in [3.63, 3.8) is 0 Å². The molecule has 0 bridgehead atoms. The molecule has 0 fully saturated rings. The van der Waals surface area contributed by atoms with Crippen LogP contribution >= 0.6 is 37.7 Å². The van der Waals surface area contributed by atoms with Gasteiger partial charge in [0.05, 0.1) is 0 Å². The Kier molecular flexibility index (Phi) is 6.02. The van der Waals surface area contributed by atoms with Crippen LogP contribution in [0.4, 0.5) is 0 Å². The maximum absolute atomic E-state index is 5.73. The van der Waals surface area contributed by atoms with Crippen molar-refractivity contribution < 1.29 is 10.2 Å². The topological polar surface area (TPSA) is 0 Å². The van der Waals surface area contributed by atoms with E-state index in [4.69, 9.17) is 37.7 Å². The molecule has 5 heteroatoms. The van der Waals surface area contributed by atoms with E-state index in [2.05, 4.69) is 6.08 Å². The van der Waals surface area contributed by atoms with E-state index < -0.39 is 10.2 Å². The first-order valence-corrected chi connectivity index (χ1v) is 19.8. The van der Waals surface area contributed by atoms with Crippen molar-refractivity contribution in [3.05, 3.63) is 12.2 Å². The molecule has 0 aliphatic heterocycles. The van der Waals surface area contributed by atoms with Crippen LogP contribution in [0.1, 0.15) is 26.2 Å². The Bertz CT molecular complexity index is 202. The average Bonchev–Trinajstić information content (AvgIpc) is 1.83. The van der Waals surface area contributed by atoms with Crippen molar-refractivity contribution in [2.24, 2.45) is 0 Å². The van der Waals surface area contributed by atoms with Crippen LogP contribution in [0, 0.1) is 0 Å². The summed E-state index contributed by atoms with van der Waals surface area (Å²) in [6.07, 6.45) is 6.89. The minimum absolute atomic E-state index is 0.787. The van der Waals surface area contributed by atoms with Crippen LogP contribution in [0.15, 0.2) is 12.2 Å². The van der Waals surface area contributed by atoms with E-state index >= 15 is 0 Å². The predicted molar refractivity (Wildman–Crippen MR) is 58.1 cm³/mol. The van der Waals surface area contributed by atoms with Crippen molar-refractivity contribution in [2.45, 2.75) is 26.2 Å². The monoisotopic (exact) mass is 420 g/mol. The van der Waals surface area contributed by atoms with E-state index in [0.29, 0.717) is 0 Å². The van der Waals surface area contributed by atoms with Crippen LogP contribution in [0.25, 0.3) is 0 Å². The number of halogens is 4. The molecule has 0 saturated carbocycles. The molecule has 0 N–H and O–H groups in total. The molecule has 12 heavy (non-hydrogen) atoms. The summed E-state index contributed by atoms with van der Waals surface area (Å²) in [6, 6.07) is 0. The number of hydrogen-bond donors (Lipinski definition) is 0. The summed E-state index contributed by atoms with van der Waals surface area (Å²) in [6.45, 7) is 1.99. The summed E-state index contributed by atoms with van der Waals surface area (Å²) in [7, 11) is 18.7. The van der Waals surface area contributed by atoms with E-state index in [1.165, 1.54) is 0 Å². The molecule has 0 nitrogen and oxygen atoms in total. The molecule has 0 amide bonds. The van der Waals surface area contributed by atoms with E-state index in [1.54, 1.807) is 4.40 Å². The molecule has 0 aromatic carbocycles. The van der Waals surface area contributed by atoms with Crippen LogP contribution in [0.2, 0.25) is 0 Å². The molecule has 0 saturated heterocycles. The molecule has 0 aromatic rings. The van der Waals surface area contributed by atoms with Gasteiger partial charge in [-0.15, -0.1) is 0 Å². The third kappa shape index (κ3) is 11.5. The Morgan fingerprint density at radius 1 is 1.08 bits per heavy atom. The fourth-order valence-electron chi connectivity index (χ4n) is 0.664. The van der Waals surface area contributed by atoms with Gasteiger partial charge in [0.25, 0.3) is 0 Å². The molecule has 0 rings (SSSR count). The van der Waals surface area contributed by atoms with Gasteiger partial charge in [-0.3, -0.25) is 0 Å². The quantitative estimate of drug-likeness (QED) is 0.450. The molecule has 0 unspecified atom stereocenters. The molecule has 0 aromatic heterocycles. The second-order valence-corrected chi connectivity index (χ2v) is 37.4. The van der Waals surface area contributed by atoms with Gasteiger partial charge in [-0.25, -0.2) is 0 Å². The van der Waals surface area contributed by atoms with Crippen LogP contribution in [-0.4, -0.2) is 4.40 Å². The first kappa shape index (κ1) is 13.5. The second kappa shape index (κ2) is 5.37. The first-order valence-electron chi connectivity index (χ1n) is 3.58. The standard InChI is InChI=1S/C7H12.4ClH.W/c1-3-5-7-6-4-2;;;;;/h1,4,6H,3,5,7H2,2H3;4*1H;/q;;;;;+4/p-4/b6-4-;;;;;. The molecular formula is C7H12Cl4W. The Hall–Kier alpha value is 1.46.